The number of anilines is 1. The van der Waals surface area contributed by atoms with E-state index in [0.717, 1.165) is 16.8 Å². The molecule has 80 valence electrons. The molecule has 0 aromatic heterocycles. The fourth-order valence-corrected chi connectivity index (χ4v) is 3.36. The van der Waals surface area contributed by atoms with Crippen LogP contribution >= 0.6 is 12.2 Å². The number of benzene rings is 1. The van der Waals surface area contributed by atoms with Gasteiger partial charge in [-0.25, -0.2) is 8.42 Å². The van der Waals surface area contributed by atoms with Crippen molar-refractivity contribution in [1.29, 1.82) is 0 Å². The van der Waals surface area contributed by atoms with Gasteiger partial charge in [-0.05, 0) is 35.5 Å². The molecule has 0 fully saturated rings. The summed E-state index contributed by atoms with van der Waals surface area (Å²) in [4.78, 5) is 0. The molecule has 15 heavy (non-hydrogen) atoms. The number of hydrogen-bond donors (Lipinski definition) is 2. The first-order chi connectivity index (χ1) is 6.96. The summed E-state index contributed by atoms with van der Waals surface area (Å²) in [6.07, 6.45) is 0. The third-order valence-electron chi connectivity index (χ3n) is 2.22. The van der Waals surface area contributed by atoms with Crippen LogP contribution in [0.5, 0.6) is 0 Å². The van der Waals surface area contributed by atoms with Gasteiger partial charge in [-0.3, -0.25) is 0 Å². The lowest BCUT2D eigenvalue weighted by molar-refractivity contribution is 0.598. The highest BCUT2D eigenvalue weighted by Crippen LogP contribution is 2.27. The molecule has 0 radical (unpaired) electrons. The molecule has 1 aromatic carbocycles. The van der Waals surface area contributed by atoms with E-state index in [4.69, 9.17) is 18.0 Å². The topological polar surface area (TPSA) is 72.2 Å². The van der Waals surface area contributed by atoms with Crippen LogP contribution in [0.25, 0.3) is 0 Å². The molecule has 3 N–H and O–H groups in total. The molecule has 0 amide bonds. The minimum atomic E-state index is -2.94. The van der Waals surface area contributed by atoms with Crippen LogP contribution in [-0.2, 0) is 21.3 Å². The van der Waals surface area contributed by atoms with Gasteiger partial charge >= 0.3 is 0 Å². The maximum Gasteiger partial charge on any atom is 0.168 e. The highest BCUT2D eigenvalue weighted by molar-refractivity contribution is 7.90. The van der Waals surface area contributed by atoms with Crippen LogP contribution in [0.4, 0.5) is 5.69 Å². The smallest absolute Gasteiger partial charge is 0.168 e. The number of thiocarbonyl (C=S) groups is 1. The molecule has 0 bridgehead atoms. The largest absolute Gasteiger partial charge is 0.376 e. The number of sulfone groups is 1. The van der Waals surface area contributed by atoms with Gasteiger partial charge in [0.25, 0.3) is 0 Å². The van der Waals surface area contributed by atoms with Crippen LogP contribution in [0.3, 0.4) is 0 Å². The average Bonchev–Trinajstić information content (AvgIpc) is 2.36. The Kier molecular flexibility index (Phi) is 2.40. The minimum absolute atomic E-state index is 0.106. The van der Waals surface area contributed by atoms with Crippen molar-refractivity contribution in [3.63, 3.8) is 0 Å². The van der Waals surface area contributed by atoms with Crippen molar-refractivity contribution in [3.05, 3.63) is 29.3 Å². The predicted molar refractivity (Wildman–Crippen MR) is 63.2 cm³/mol. The minimum Gasteiger partial charge on any atom is -0.376 e. The van der Waals surface area contributed by atoms with E-state index >= 15 is 0 Å². The second-order valence-electron chi connectivity index (χ2n) is 3.50. The molecule has 0 spiro atoms. The zero-order chi connectivity index (χ0) is 11.1. The van der Waals surface area contributed by atoms with Gasteiger partial charge in [0.15, 0.2) is 14.9 Å². The molecule has 0 unspecified atom stereocenters. The van der Waals surface area contributed by atoms with E-state index in [9.17, 15) is 8.42 Å². The van der Waals surface area contributed by atoms with Crippen LogP contribution in [0, 0.1) is 0 Å². The van der Waals surface area contributed by atoms with Gasteiger partial charge in [0, 0.05) is 5.69 Å². The summed E-state index contributed by atoms with van der Waals surface area (Å²) < 4.78 is 22.7. The zero-order valence-electron chi connectivity index (χ0n) is 7.86. The summed E-state index contributed by atoms with van der Waals surface area (Å²) in [6.45, 7) is 0. The SMILES string of the molecule is NC(=S)Nc1ccc2c(c1)CS(=O)(=O)C2. The zero-order valence-corrected chi connectivity index (χ0v) is 9.49. The third kappa shape index (κ3) is 2.27. The fourth-order valence-electron chi connectivity index (χ4n) is 1.65. The number of nitrogens with two attached hydrogens (primary N) is 1. The quantitative estimate of drug-likeness (QED) is 0.712. The summed E-state index contributed by atoms with van der Waals surface area (Å²) >= 11 is 4.70. The average molecular weight is 242 g/mol. The molecule has 6 heteroatoms. The molecule has 1 aliphatic heterocycles. The monoisotopic (exact) mass is 242 g/mol. The van der Waals surface area contributed by atoms with Gasteiger partial charge in [-0.1, -0.05) is 6.07 Å². The Morgan fingerprint density at radius 1 is 1.33 bits per heavy atom. The normalized spacial score (nSPS) is 17.1. The van der Waals surface area contributed by atoms with E-state index < -0.39 is 9.84 Å². The van der Waals surface area contributed by atoms with Crippen molar-refractivity contribution in [2.24, 2.45) is 5.73 Å². The van der Waals surface area contributed by atoms with Crippen molar-refractivity contribution < 1.29 is 8.42 Å². The number of nitrogens with one attached hydrogen (secondary N) is 1. The lowest BCUT2D eigenvalue weighted by Crippen LogP contribution is -2.18. The van der Waals surface area contributed by atoms with E-state index in [0.29, 0.717) is 0 Å². The first kappa shape index (κ1) is 10.4. The molecule has 1 heterocycles. The van der Waals surface area contributed by atoms with Crippen LogP contribution in [-0.4, -0.2) is 13.5 Å². The lowest BCUT2D eigenvalue weighted by Gasteiger charge is -2.05. The van der Waals surface area contributed by atoms with Gasteiger partial charge in [0.05, 0.1) is 11.5 Å². The molecule has 0 saturated heterocycles. The number of rotatable bonds is 1. The lowest BCUT2D eigenvalue weighted by atomic mass is 10.1. The van der Waals surface area contributed by atoms with Crippen molar-refractivity contribution in [2.45, 2.75) is 11.5 Å². The summed E-state index contributed by atoms with van der Waals surface area (Å²) in [6, 6.07) is 5.35. The molecule has 2 rings (SSSR count). The van der Waals surface area contributed by atoms with E-state index in [1.54, 1.807) is 18.2 Å². The van der Waals surface area contributed by atoms with E-state index in [2.05, 4.69) is 5.32 Å². The third-order valence-corrected chi connectivity index (χ3v) is 3.83. The summed E-state index contributed by atoms with van der Waals surface area (Å²) in [5, 5.41) is 2.95. The second-order valence-corrected chi connectivity index (χ2v) is 6.01. The molecule has 1 aromatic rings. The summed E-state index contributed by atoms with van der Waals surface area (Å²) in [7, 11) is -2.94. The molecule has 0 atom stereocenters. The summed E-state index contributed by atoms with van der Waals surface area (Å²) in [5.41, 5.74) is 7.75. The van der Waals surface area contributed by atoms with Gasteiger partial charge in [-0.15, -0.1) is 0 Å². The maximum atomic E-state index is 11.4. The molecular weight excluding hydrogens is 232 g/mol. The van der Waals surface area contributed by atoms with Gasteiger partial charge in [0.2, 0.25) is 0 Å². The van der Waals surface area contributed by atoms with Crippen molar-refractivity contribution in [1.82, 2.24) is 0 Å². The first-order valence-corrected chi connectivity index (χ1v) is 6.58. The molecule has 4 nitrogen and oxygen atoms in total. The van der Waals surface area contributed by atoms with Gasteiger partial charge < -0.3 is 11.1 Å². The number of hydrogen-bond acceptors (Lipinski definition) is 3. The van der Waals surface area contributed by atoms with Gasteiger partial charge in [0.1, 0.15) is 0 Å². The second kappa shape index (κ2) is 3.46. The molecule has 1 aliphatic rings. The Hall–Kier alpha value is -1.14. The fraction of sp³-hybridized carbons (Fsp3) is 0.222. The van der Waals surface area contributed by atoms with E-state index in [1.165, 1.54) is 0 Å². The molecular formula is C9H10N2O2S2. The highest BCUT2D eigenvalue weighted by Gasteiger charge is 2.24. The predicted octanol–water partition coefficient (Wildman–Crippen LogP) is 0.771. The Morgan fingerprint density at radius 2 is 2.00 bits per heavy atom. The Morgan fingerprint density at radius 3 is 2.67 bits per heavy atom. The Balaban J connectivity index is 2.34. The maximum absolute atomic E-state index is 11.4. The first-order valence-electron chi connectivity index (χ1n) is 4.35. The van der Waals surface area contributed by atoms with Gasteiger partial charge in [-0.2, -0.15) is 0 Å². The van der Waals surface area contributed by atoms with Crippen molar-refractivity contribution in [2.75, 3.05) is 5.32 Å². The molecule has 0 aliphatic carbocycles. The van der Waals surface area contributed by atoms with Crippen LogP contribution in [0.2, 0.25) is 0 Å². The van der Waals surface area contributed by atoms with Crippen LogP contribution in [0.15, 0.2) is 18.2 Å². The summed E-state index contributed by atoms with van der Waals surface area (Å²) in [5.74, 6) is 0.241. The molecule has 0 saturated carbocycles. The van der Waals surface area contributed by atoms with Crippen molar-refractivity contribution >= 4 is 32.9 Å². The standard InChI is InChI=1S/C9H10N2O2S2/c10-9(14)11-8-2-1-6-4-15(12,13)5-7(6)3-8/h1-3H,4-5H2,(H3,10,11,14). The van der Waals surface area contributed by atoms with Crippen molar-refractivity contribution in [3.8, 4) is 0 Å². The highest BCUT2D eigenvalue weighted by atomic mass is 32.2. The van der Waals surface area contributed by atoms with Crippen LogP contribution in [0.1, 0.15) is 11.1 Å². The van der Waals surface area contributed by atoms with Crippen LogP contribution < -0.4 is 11.1 Å². The number of fused-ring (bicyclic) bond motifs is 1. The van der Waals surface area contributed by atoms with E-state index in [1.807, 2.05) is 0 Å². The van der Waals surface area contributed by atoms with E-state index in [-0.39, 0.29) is 16.6 Å². The Bertz CT molecular complexity index is 523. The Labute approximate surface area is 93.4 Å².